The van der Waals surface area contributed by atoms with Crippen LogP contribution in [0.5, 0.6) is 0 Å². The van der Waals surface area contributed by atoms with E-state index >= 15 is 0 Å². The molecule has 8 heteroatoms. The molecule has 0 radical (unpaired) electrons. The Morgan fingerprint density at radius 2 is 1.55 bits per heavy atom. The molecular weight excluding hydrogens is 385 g/mol. The molecule has 0 saturated carbocycles. The van der Waals surface area contributed by atoms with Crippen molar-refractivity contribution in [2.75, 3.05) is 23.9 Å². The molecule has 1 N–H and O–H groups in total. The summed E-state index contributed by atoms with van der Waals surface area (Å²) in [6, 6.07) is 0. The Balaban J connectivity index is 1.85. The highest BCUT2D eigenvalue weighted by Crippen LogP contribution is 2.48. The van der Waals surface area contributed by atoms with Gasteiger partial charge in [0.25, 0.3) is 0 Å². The maximum absolute atomic E-state index is 9.25. The third kappa shape index (κ3) is 4.71. The van der Waals surface area contributed by atoms with E-state index in [2.05, 4.69) is 19.6 Å². The molecule has 20 heavy (non-hydrogen) atoms. The molecule has 0 aliphatic carbocycles. The van der Waals surface area contributed by atoms with Gasteiger partial charge in [-0.3, -0.25) is 0 Å². The Kier molecular flexibility index (Phi) is 8.47. The molecule has 0 spiro atoms. The van der Waals surface area contributed by atoms with Crippen molar-refractivity contribution in [3.63, 3.8) is 0 Å². The van der Waals surface area contributed by atoms with E-state index in [1.54, 1.807) is 0 Å². The minimum Gasteiger partial charge on any atom is -0.395 e. The Bertz CT molecular complexity index is 278. The molecule has 0 aromatic heterocycles. The Morgan fingerprint density at radius 1 is 1.05 bits per heavy atom. The van der Waals surface area contributed by atoms with E-state index in [0.717, 1.165) is 11.5 Å². The lowest BCUT2D eigenvalue weighted by atomic mass is 10.1. The summed E-state index contributed by atoms with van der Waals surface area (Å²) < 4.78 is 1.04. The first kappa shape index (κ1) is 18.7. The lowest BCUT2D eigenvalue weighted by molar-refractivity contribution is 0.301. The minimum atomic E-state index is 0.283. The first-order valence-electron chi connectivity index (χ1n) is 6.68. The van der Waals surface area contributed by atoms with Gasteiger partial charge in [-0.15, -0.1) is 47.0 Å². The van der Waals surface area contributed by atoms with Crippen molar-refractivity contribution in [2.24, 2.45) is 5.92 Å². The molecule has 2 fully saturated rings. The van der Waals surface area contributed by atoms with Gasteiger partial charge in [0.2, 0.25) is 0 Å². The van der Waals surface area contributed by atoms with E-state index < -0.39 is 0 Å². The van der Waals surface area contributed by atoms with Crippen molar-refractivity contribution in [3.8, 4) is 0 Å². The van der Waals surface area contributed by atoms with Crippen LogP contribution in [0.1, 0.15) is 6.92 Å². The largest absolute Gasteiger partial charge is 0.395 e. The second-order valence-electron chi connectivity index (χ2n) is 5.13. The fourth-order valence-electron chi connectivity index (χ4n) is 2.19. The van der Waals surface area contributed by atoms with Crippen LogP contribution in [0, 0.1) is 5.92 Å². The average Bonchev–Trinajstić information content (AvgIpc) is 3.13. The van der Waals surface area contributed by atoms with Crippen LogP contribution in [0.4, 0.5) is 0 Å². The lowest BCUT2D eigenvalue weighted by Crippen LogP contribution is -2.32. The monoisotopic (exact) mass is 406 g/mol. The van der Waals surface area contributed by atoms with Gasteiger partial charge in [0.15, 0.2) is 0 Å². The van der Waals surface area contributed by atoms with Gasteiger partial charge in [-0.05, 0) is 5.92 Å². The molecular formula is C12H22OS7. The predicted octanol–water partition coefficient (Wildman–Crippen LogP) is 3.49. The highest BCUT2D eigenvalue weighted by atomic mass is 32.2. The van der Waals surface area contributed by atoms with E-state index in [1.807, 2.05) is 47.0 Å². The van der Waals surface area contributed by atoms with Gasteiger partial charge in [0.05, 0.1) is 15.8 Å². The zero-order chi connectivity index (χ0) is 14.7. The summed E-state index contributed by atoms with van der Waals surface area (Å²) in [4.78, 5) is 0. The van der Waals surface area contributed by atoms with Gasteiger partial charge in [-0.1, -0.05) is 6.92 Å². The number of thioether (sulfide) groups is 4. The predicted molar refractivity (Wildman–Crippen MR) is 111 cm³/mol. The SMILES string of the molecule is CC(C(S)C1SCC(CO)S1)C(S)C1SCC(CS)S1. The van der Waals surface area contributed by atoms with Gasteiger partial charge >= 0.3 is 0 Å². The molecule has 118 valence electrons. The van der Waals surface area contributed by atoms with Crippen molar-refractivity contribution in [1.29, 1.82) is 0 Å². The van der Waals surface area contributed by atoms with Crippen LogP contribution < -0.4 is 0 Å². The molecule has 0 aromatic carbocycles. The topological polar surface area (TPSA) is 20.2 Å². The molecule has 0 amide bonds. The summed E-state index contributed by atoms with van der Waals surface area (Å²) in [5, 5.41) is 11.0. The summed E-state index contributed by atoms with van der Waals surface area (Å²) in [5.74, 6) is 3.66. The van der Waals surface area contributed by atoms with Crippen molar-refractivity contribution in [3.05, 3.63) is 0 Å². The zero-order valence-electron chi connectivity index (χ0n) is 11.3. The number of aliphatic hydroxyl groups excluding tert-OH is 1. The van der Waals surface area contributed by atoms with Crippen molar-refractivity contribution >= 4 is 84.9 Å². The normalized spacial score (nSPS) is 38.9. The van der Waals surface area contributed by atoms with Gasteiger partial charge < -0.3 is 5.11 Å². The molecule has 0 bridgehead atoms. The quantitative estimate of drug-likeness (QED) is 0.505. The molecule has 2 heterocycles. The van der Waals surface area contributed by atoms with Crippen LogP contribution in [0.15, 0.2) is 0 Å². The fraction of sp³-hybridized carbons (Fsp3) is 1.00. The highest BCUT2D eigenvalue weighted by Gasteiger charge is 2.39. The Hall–Kier alpha value is 2.41. The van der Waals surface area contributed by atoms with E-state index in [9.17, 15) is 5.11 Å². The van der Waals surface area contributed by atoms with Gasteiger partial charge in [-0.25, -0.2) is 0 Å². The number of hydrogen-bond acceptors (Lipinski definition) is 8. The molecule has 0 aromatic rings. The van der Waals surface area contributed by atoms with Crippen LogP contribution in [0.25, 0.3) is 0 Å². The zero-order valence-corrected chi connectivity index (χ0v) is 17.2. The third-order valence-electron chi connectivity index (χ3n) is 3.59. The van der Waals surface area contributed by atoms with E-state index in [-0.39, 0.29) is 6.61 Å². The second kappa shape index (κ2) is 9.04. The molecule has 7 atom stereocenters. The third-order valence-corrected chi connectivity index (χ3v) is 13.5. The molecule has 2 aliphatic rings. The van der Waals surface area contributed by atoms with Gasteiger partial charge in [0, 0.05) is 38.3 Å². The highest BCUT2D eigenvalue weighted by molar-refractivity contribution is 8.21. The molecule has 2 saturated heterocycles. The second-order valence-corrected chi connectivity index (χ2v) is 12.5. The molecule has 2 aliphatic heterocycles. The van der Waals surface area contributed by atoms with Crippen molar-refractivity contribution < 1.29 is 5.11 Å². The fourth-order valence-corrected chi connectivity index (χ4v) is 11.0. The summed E-state index contributed by atoms with van der Waals surface area (Å²) in [7, 11) is 0. The van der Waals surface area contributed by atoms with Gasteiger partial charge in [0.1, 0.15) is 0 Å². The Labute approximate surface area is 155 Å². The maximum Gasteiger partial charge on any atom is 0.0625 e. The number of aliphatic hydroxyl groups is 1. The lowest BCUT2D eigenvalue weighted by Gasteiger charge is -2.31. The van der Waals surface area contributed by atoms with Crippen LogP contribution in [0.3, 0.4) is 0 Å². The number of thiol groups is 3. The summed E-state index contributed by atoms with van der Waals surface area (Å²) in [6.45, 7) is 2.56. The Morgan fingerprint density at radius 3 is 1.95 bits per heavy atom. The van der Waals surface area contributed by atoms with Crippen LogP contribution in [-0.2, 0) is 0 Å². The summed E-state index contributed by atoms with van der Waals surface area (Å²) in [6.07, 6.45) is 0. The maximum atomic E-state index is 9.25. The van der Waals surface area contributed by atoms with Crippen LogP contribution >= 0.6 is 84.9 Å². The smallest absolute Gasteiger partial charge is 0.0625 e. The summed E-state index contributed by atoms with van der Waals surface area (Å²) >= 11 is 22.1. The van der Waals surface area contributed by atoms with E-state index in [0.29, 0.717) is 36.1 Å². The van der Waals surface area contributed by atoms with Crippen molar-refractivity contribution in [2.45, 2.75) is 37.1 Å². The standard InChI is InChI=1S/C12H22OS7/c1-6(9(15)11-17-4-7(2-13)19-11)10(16)12-18-5-8(3-14)20-12/h6-16H,2-5H2,1H3. The number of hydrogen-bond donors (Lipinski definition) is 4. The first-order chi connectivity index (χ1) is 9.56. The van der Waals surface area contributed by atoms with E-state index in [1.165, 1.54) is 5.75 Å². The van der Waals surface area contributed by atoms with Crippen molar-refractivity contribution in [1.82, 2.24) is 0 Å². The van der Waals surface area contributed by atoms with Crippen LogP contribution in [-0.4, -0.2) is 59.1 Å². The molecule has 1 nitrogen and oxygen atoms in total. The molecule has 2 rings (SSSR count). The molecule has 7 unspecified atom stereocenters. The first-order valence-corrected chi connectivity index (χ1v) is 12.3. The van der Waals surface area contributed by atoms with Crippen LogP contribution in [0.2, 0.25) is 0 Å². The number of rotatable bonds is 6. The average molecular weight is 407 g/mol. The van der Waals surface area contributed by atoms with E-state index in [4.69, 9.17) is 25.3 Å². The minimum absolute atomic E-state index is 0.283. The summed E-state index contributed by atoms with van der Waals surface area (Å²) in [5.41, 5.74) is 0. The van der Waals surface area contributed by atoms with Gasteiger partial charge in [-0.2, -0.15) is 37.9 Å².